The molecule has 0 heterocycles. The normalized spacial score (nSPS) is 10.3. The number of hydrogen-bond acceptors (Lipinski definition) is 3. The molecule has 0 aliphatic carbocycles. The van der Waals surface area contributed by atoms with E-state index < -0.39 is 0 Å². The molecule has 5 nitrogen and oxygen atoms in total. The summed E-state index contributed by atoms with van der Waals surface area (Å²) in [6.07, 6.45) is 3.42. The Morgan fingerprint density at radius 1 is 1.05 bits per heavy atom. The molecule has 2 rings (SSSR count). The van der Waals surface area contributed by atoms with Crippen LogP contribution in [0, 0.1) is 0 Å². The third-order valence-corrected chi connectivity index (χ3v) is 2.65. The van der Waals surface area contributed by atoms with Crippen molar-refractivity contribution in [3.8, 4) is 0 Å². The zero-order valence-corrected chi connectivity index (χ0v) is 11.4. The van der Waals surface area contributed by atoms with E-state index in [9.17, 15) is 4.79 Å². The molecule has 21 heavy (non-hydrogen) atoms. The standard InChI is InChI=1S/C16H17N3O2/c20-11-5-7-13-6-4-10-15(12-13)17-16(21)19-18-14-8-2-1-3-9-14/h1-10,12,18,20H,11H2,(H2,17,19,21)/b7-5+. The molecule has 2 aromatic carbocycles. The number of para-hydroxylation sites is 1. The lowest BCUT2D eigenvalue weighted by Gasteiger charge is -2.10. The first kappa shape index (κ1) is 14.6. The molecule has 2 amide bonds. The van der Waals surface area contributed by atoms with Crippen LogP contribution in [0.15, 0.2) is 60.7 Å². The number of benzene rings is 2. The summed E-state index contributed by atoms with van der Waals surface area (Å²) >= 11 is 0. The molecule has 0 atom stereocenters. The molecular formula is C16H17N3O2. The van der Waals surface area contributed by atoms with E-state index >= 15 is 0 Å². The van der Waals surface area contributed by atoms with Crippen LogP contribution in [0.1, 0.15) is 5.56 Å². The zero-order valence-electron chi connectivity index (χ0n) is 11.4. The maximum absolute atomic E-state index is 11.8. The summed E-state index contributed by atoms with van der Waals surface area (Å²) in [6.45, 7) is -0.0147. The lowest BCUT2D eigenvalue weighted by molar-refractivity contribution is 0.254. The first-order valence-corrected chi connectivity index (χ1v) is 6.53. The number of amides is 2. The maximum atomic E-state index is 11.8. The van der Waals surface area contributed by atoms with Gasteiger partial charge in [0, 0.05) is 5.69 Å². The molecule has 4 N–H and O–H groups in total. The van der Waals surface area contributed by atoms with Crippen molar-refractivity contribution in [2.75, 3.05) is 17.3 Å². The van der Waals surface area contributed by atoms with Crippen LogP contribution >= 0.6 is 0 Å². The lowest BCUT2D eigenvalue weighted by Crippen LogP contribution is -2.33. The monoisotopic (exact) mass is 283 g/mol. The number of carbonyl (C=O) groups is 1. The molecule has 0 saturated heterocycles. The van der Waals surface area contributed by atoms with Gasteiger partial charge >= 0.3 is 6.03 Å². The summed E-state index contributed by atoms with van der Waals surface area (Å²) in [6, 6.07) is 16.3. The third kappa shape index (κ3) is 5.00. The quantitative estimate of drug-likeness (QED) is 0.638. The molecule has 0 aliphatic heterocycles. The van der Waals surface area contributed by atoms with Crippen LogP contribution in [0.5, 0.6) is 0 Å². The highest BCUT2D eigenvalue weighted by Crippen LogP contribution is 2.12. The number of hydrazine groups is 1. The molecule has 0 radical (unpaired) electrons. The van der Waals surface area contributed by atoms with Gasteiger partial charge in [-0.3, -0.25) is 10.9 Å². The average molecular weight is 283 g/mol. The Hall–Kier alpha value is -2.79. The van der Waals surface area contributed by atoms with Gasteiger partial charge in [0.05, 0.1) is 12.3 Å². The van der Waals surface area contributed by atoms with Gasteiger partial charge in [-0.15, -0.1) is 0 Å². The molecule has 0 aromatic heterocycles. The van der Waals surface area contributed by atoms with Crippen molar-refractivity contribution in [1.82, 2.24) is 5.43 Å². The summed E-state index contributed by atoms with van der Waals surface area (Å²) in [4.78, 5) is 11.8. The van der Waals surface area contributed by atoms with E-state index in [2.05, 4.69) is 16.2 Å². The number of aliphatic hydroxyl groups is 1. The van der Waals surface area contributed by atoms with Crippen molar-refractivity contribution < 1.29 is 9.90 Å². The summed E-state index contributed by atoms with van der Waals surface area (Å²) in [5.41, 5.74) is 7.72. The summed E-state index contributed by atoms with van der Waals surface area (Å²) in [7, 11) is 0. The third-order valence-electron chi connectivity index (χ3n) is 2.65. The predicted molar refractivity (Wildman–Crippen MR) is 84.8 cm³/mol. The second-order valence-electron chi connectivity index (χ2n) is 4.28. The van der Waals surface area contributed by atoms with Crippen molar-refractivity contribution in [3.05, 3.63) is 66.2 Å². The highest BCUT2D eigenvalue weighted by Gasteiger charge is 2.01. The number of rotatable bonds is 5. The Labute approximate surface area is 123 Å². The van der Waals surface area contributed by atoms with Crippen LogP contribution in [0.4, 0.5) is 16.2 Å². The SMILES string of the molecule is O=C(NNc1ccccc1)Nc1cccc(/C=C/CO)c1. The molecule has 0 spiro atoms. The van der Waals surface area contributed by atoms with Crippen molar-refractivity contribution >= 4 is 23.5 Å². The molecule has 2 aromatic rings. The van der Waals surface area contributed by atoms with E-state index in [1.165, 1.54) is 0 Å². The van der Waals surface area contributed by atoms with Gasteiger partial charge in [0.25, 0.3) is 0 Å². The van der Waals surface area contributed by atoms with Gasteiger partial charge in [0.2, 0.25) is 0 Å². The van der Waals surface area contributed by atoms with E-state index in [0.29, 0.717) is 5.69 Å². The molecule has 108 valence electrons. The lowest BCUT2D eigenvalue weighted by atomic mass is 10.2. The van der Waals surface area contributed by atoms with E-state index in [1.807, 2.05) is 48.5 Å². The second-order valence-corrected chi connectivity index (χ2v) is 4.28. The molecule has 0 saturated carbocycles. The number of nitrogens with one attached hydrogen (secondary N) is 3. The van der Waals surface area contributed by atoms with Crippen LogP contribution in [0.2, 0.25) is 0 Å². The fraction of sp³-hybridized carbons (Fsp3) is 0.0625. The maximum Gasteiger partial charge on any atom is 0.337 e. The van der Waals surface area contributed by atoms with E-state index in [4.69, 9.17) is 5.11 Å². The average Bonchev–Trinajstić information content (AvgIpc) is 2.52. The van der Waals surface area contributed by atoms with Crippen LogP contribution in [0.3, 0.4) is 0 Å². The van der Waals surface area contributed by atoms with Crippen molar-refractivity contribution in [1.29, 1.82) is 0 Å². The Kier molecular flexibility index (Phi) is 5.37. The van der Waals surface area contributed by atoms with Gasteiger partial charge in [-0.1, -0.05) is 42.5 Å². The van der Waals surface area contributed by atoms with Gasteiger partial charge in [0.15, 0.2) is 0 Å². The summed E-state index contributed by atoms with van der Waals surface area (Å²) in [5.74, 6) is 0. The summed E-state index contributed by atoms with van der Waals surface area (Å²) < 4.78 is 0. The second kappa shape index (κ2) is 7.72. The van der Waals surface area contributed by atoms with E-state index in [-0.39, 0.29) is 12.6 Å². The van der Waals surface area contributed by atoms with Crippen LogP contribution in [0.25, 0.3) is 6.08 Å². The van der Waals surface area contributed by atoms with E-state index in [1.54, 1.807) is 18.2 Å². The first-order chi connectivity index (χ1) is 10.3. The van der Waals surface area contributed by atoms with Crippen molar-refractivity contribution in [3.63, 3.8) is 0 Å². The molecular weight excluding hydrogens is 266 g/mol. The number of urea groups is 1. The fourth-order valence-electron chi connectivity index (χ4n) is 1.72. The van der Waals surface area contributed by atoms with Gasteiger partial charge in [-0.2, -0.15) is 0 Å². The van der Waals surface area contributed by atoms with Gasteiger partial charge in [0.1, 0.15) is 0 Å². The van der Waals surface area contributed by atoms with Crippen LogP contribution in [-0.4, -0.2) is 17.7 Å². The molecule has 0 unspecified atom stereocenters. The van der Waals surface area contributed by atoms with Gasteiger partial charge < -0.3 is 10.4 Å². The predicted octanol–water partition coefficient (Wildman–Crippen LogP) is 2.84. The largest absolute Gasteiger partial charge is 0.392 e. The fourth-order valence-corrected chi connectivity index (χ4v) is 1.72. The molecule has 5 heteroatoms. The van der Waals surface area contributed by atoms with Crippen LogP contribution < -0.4 is 16.2 Å². The Morgan fingerprint density at radius 3 is 2.57 bits per heavy atom. The molecule has 0 fully saturated rings. The number of hydrogen-bond donors (Lipinski definition) is 4. The van der Waals surface area contributed by atoms with Gasteiger partial charge in [-0.05, 0) is 29.8 Å². The molecule has 0 bridgehead atoms. The minimum Gasteiger partial charge on any atom is -0.392 e. The number of aliphatic hydroxyl groups excluding tert-OH is 1. The Bertz CT molecular complexity index is 612. The minimum atomic E-state index is -0.359. The molecule has 0 aliphatic rings. The highest BCUT2D eigenvalue weighted by molar-refractivity contribution is 5.90. The van der Waals surface area contributed by atoms with Crippen molar-refractivity contribution in [2.24, 2.45) is 0 Å². The zero-order chi connectivity index (χ0) is 14.9. The smallest absolute Gasteiger partial charge is 0.337 e. The minimum absolute atomic E-state index is 0.0147. The number of carbonyl (C=O) groups excluding carboxylic acids is 1. The van der Waals surface area contributed by atoms with Crippen molar-refractivity contribution in [2.45, 2.75) is 0 Å². The van der Waals surface area contributed by atoms with Gasteiger partial charge in [-0.25, -0.2) is 4.79 Å². The Balaban J connectivity index is 1.89. The van der Waals surface area contributed by atoms with E-state index in [0.717, 1.165) is 11.3 Å². The number of anilines is 2. The Morgan fingerprint density at radius 2 is 1.81 bits per heavy atom. The highest BCUT2D eigenvalue weighted by atomic mass is 16.2. The van der Waals surface area contributed by atoms with Crippen LogP contribution in [-0.2, 0) is 0 Å². The topological polar surface area (TPSA) is 73.4 Å². The summed E-state index contributed by atoms with van der Waals surface area (Å²) in [5, 5.41) is 11.5. The first-order valence-electron chi connectivity index (χ1n) is 6.53.